The first-order valence-electron chi connectivity index (χ1n) is 4.27. The molecule has 0 aliphatic carbocycles. The van der Waals surface area contributed by atoms with E-state index in [0.717, 1.165) is 17.7 Å². The zero-order valence-electron chi connectivity index (χ0n) is 7.37. The van der Waals surface area contributed by atoms with Crippen LogP contribution in [0.15, 0.2) is 16.7 Å². The molecule has 1 aromatic rings. The standard InChI is InChI=1S/C9H9BrClNO2/c10-7-1-8(11)9(12-2-7)14-5-6-3-13-4-6/h1-2,6H,3-5H2. The fourth-order valence-corrected chi connectivity index (χ4v) is 1.77. The number of halogens is 2. The number of hydrogen-bond donors (Lipinski definition) is 0. The Morgan fingerprint density at radius 3 is 3.00 bits per heavy atom. The maximum atomic E-state index is 5.93. The Morgan fingerprint density at radius 2 is 2.43 bits per heavy atom. The summed E-state index contributed by atoms with van der Waals surface area (Å²) >= 11 is 9.20. The van der Waals surface area contributed by atoms with E-state index in [1.807, 2.05) is 0 Å². The Bertz CT molecular complexity index is 331. The molecule has 5 heteroatoms. The predicted molar refractivity (Wildman–Crippen MR) is 56.8 cm³/mol. The smallest absolute Gasteiger partial charge is 0.232 e. The van der Waals surface area contributed by atoms with Gasteiger partial charge in [0.2, 0.25) is 5.88 Å². The Morgan fingerprint density at radius 1 is 1.64 bits per heavy atom. The van der Waals surface area contributed by atoms with Gasteiger partial charge in [0.15, 0.2) is 0 Å². The van der Waals surface area contributed by atoms with Crippen LogP contribution in [-0.4, -0.2) is 24.8 Å². The molecule has 1 aromatic heterocycles. The van der Waals surface area contributed by atoms with E-state index < -0.39 is 0 Å². The summed E-state index contributed by atoms with van der Waals surface area (Å²) in [4.78, 5) is 4.07. The molecule has 3 nitrogen and oxygen atoms in total. The average Bonchev–Trinajstić information content (AvgIpc) is 2.05. The van der Waals surface area contributed by atoms with Gasteiger partial charge < -0.3 is 9.47 Å². The van der Waals surface area contributed by atoms with Gasteiger partial charge in [-0.2, -0.15) is 0 Å². The van der Waals surface area contributed by atoms with Gasteiger partial charge >= 0.3 is 0 Å². The normalized spacial score (nSPS) is 16.4. The van der Waals surface area contributed by atoms with E-state index in [-0.39, 0.29) is 0 Å². The summed E-state index contributed by atoms with van der Waals surface area (Å²) in [5, 5.41) is 0.527. The summed E-state index contributed by atoms with van der Waals surface area (Å²) in [6, 6.07) is 1.77. The van der Waals surface area contributed by atoms with Crippen LogP contribution in [-0.2, 0) is 4.74 Å². The summed E-state index contributed by atoms with van der Waals surface area (Å²) in [6.45, 7) is 2.16. The first kappa shape index (κ1) is 10.2. The Balaban J connectivity index is 1.94. The van der Waals surface area contributed by atoms with E-state index in [2.05, 4.69) is 20.9 Å². The van der Waals surface area contributed by atoms with Crippen LogP contribution in [0.2, 0.25) is 5.02 Å². The molecule has 1 aliphatic rings. The molecule has 2 rings (SSSR count). The molecule has 0 saturated carbocycles. The minimum atomic E-state index is 0.483. The molecular weight excluding hydrogens is 269 g/mol. The molecule has 1 aliphatic heterocycles. The van der Waals surface area contributed by atoms with Crippen molar-refractivity contribution in [2.75, 3.05) is 19.8 Å². The molecular formula is C9H9BrClNO2. The van der Waals surface area contributed by atoms with Gasteiger partial charge in [-0.15, -0.1) is 0 Å². The highest BCUT2D eigenvalue weighted by atomic mass is 79.9. The summed E-state index contributed by atoms with van der Waals surface area (Å²) in [5.74, 6) is 0.971. The first-order valence-corrected chi connectivity index (χ1v) is 5.44. The predicted octanol–water partition coefficient (Wildman–Crippen LogP) is 2.52. The van der Waals surface area contributed by atoms with Crippen LogP contribution < -0.4 is 4.74 Å². The van der Waals surface area contributed by atoms with Crippen molar-refractivity contribution in [2.45, 2.75) is 0 Å². The molecule has 0 unspecified atom stereocenters. The van der Waals surface area contributed by atoms with Gasteiger partial charge in [0.25, 0.3) is 0 Å². The lowest BCUT2D eigenvalue weighted by Crippen LogP contribution is -2.32. The molecule has 0 aromatic carbocycles. The van der Waals surface area contributed by atoms with Crippen molar-refractivity contribution in [2.24, 2.45) is 5.92 Å². The molecule has 1 fully saturated rings. The molecule has 0 spiro atoms. The minimum absolute atomic E-state index is 0.483. The fraction of sp³-hybridized carbons (Fsp3) is 0.444. The third-order valence-electron chi connectivity index (χ3n) is 1.94. The van der Waals surface area contributed by atoms with Crippen LogP contribution in [0.1, 0.15) is 0 Å². The minimum Gasteiger partial charge on any atom is -0.476 e. The summed E-state index contributed by atoms with van der Waals surface area (Å²) < 4.78 is 11.3. The van der Waals surface area contributed by atoms with E-state index in [1.54, 1.807) is 12.3 Å². The van der Waals surface area contributed by atoms with Gasteiger partial charge in [0.05, 0.1) is 19.8 Å². The van der Waals surface area contributed by atoms with Gasteiger partial charge in [-0.3, -0.25) is 0 Å². The molecule has 1 saturated heterocycles. The lowest BCUT2D eigenvalue weighted by Gasteiger charge is -2.25. The van der Waals surface area contributed by atoms with Crippen molar-refractivity contribution < 1.29 is 9.47 Å². The molecule has 0 N–H and O–H groups in total. The van der Waals surface area contributed by atoms with Crippen molar-refractivity contribution in [3.63, 3.8) is 0 Å². The number of rotatable bonds is 3. The van der Waals surface area contributed by atoms with Crippen molar-refractivity contribution >= 4 is 27.5 Å². The van der Waals surface area contributed by atoms with Gasteiger partial charge in [-0.05, 0) is 22.0 Å². The Hall–Kier alpha value is -0.320. The lowest BCUT2D eigenvalue weighted by atomic mass is 10.1. The second-order valence-corrected chi connectivity index (χ2v) is 4.48. The number of pyridine rings is 1. The summed E-state index contributed by atoms with van der Waals surface area (Å²) in [6.07, 6.45) is 1.67. The number of aromatic nitrogens is 1. The molecule has 2 heterocycles. The highest BCUT2D eigenvalue weighted by Gasteiger charge is 2.19. The SMILES string of the molecule is Clc1cc(Br)cnc1OCC1COC1. The van der Waals surface area contributed by atoms with E-state index in [9.17, 15) is 0 Å². The van der Waals surface area contributed by atoms with E-state index in [0.29, 0.717) is 23.4 Å². The number of hydrogen-bond acceptors (Lipinski definition) is 3. The third-order valence-corrected chi connectivity index (χ3v) is 2.64. The zero-order valence-corrected chi connectivity index (χ0v) is 9.71. The third kappa shape index (κ3) is 2.38. The highest BCUT2D eigenvalue weighted by Crippen LogP contribution is 2.25. The largest absolute Gasteiger partial charge is 0.476 e. The van der Waals surface area contributed by atoms with Crippen LogP contribution in [0.4, 0.5) is 0 Å². The topological polar surface area (TPSA) is 31.4 Å². The molecule has 14 heavy (non-hydrogen) atoms. The monoisotopic (exact) mass is 277 g/mol. The van der Waals surface area contributed by atoms with Crippen LogP contribution in [0, 0.1) is 5.92 Å². The number of ether oxygens (including phenoxy) is 2. The first-order chi connectivity index (χ1) is 6.75. The van der Waals surface area contributed by atoms with E-state index in [1.165, 1.54) is 0 Å². The van der Waals surface area contributed by atoms with Crippen molar-refractivity contribution in [3.05, 3.63) is 21.8 Å². The maximum Gasteiger partial charge on any atom is 0.232 e. The maximum absolute atomic E-state index is 5.93. The summed E-state index contributed by atoms with van der Waals surface area (Å²) in [5.41, 5.74) is 0. The Kier molecular flexibility index (Phi) is 3.26. The molecule has 0 bridgehead atoms. The number of nitrogens with zero attached hydrogens (tertiary/aromatic N) is 1. The van der Waals surface area contributed by atoms with Crippen LogP contribution >= 0.6 is 27.5 Å². The molecule has 0 radical (unpaired) electrons. The van der Waals surface area contributed by atoms with Crippen molar-refractivity contribution in [1.29, 1.82) is 0 Å². The quantitative estimate of drug-likeness (QED) is 0.851. The average molecular weight is 279 g/mol. The van der Waals surface area contributed by atoms with Gasteiger partial charge in [0.1, 0.15) is 5.02 Å². The second-order valence-electron chi connectivity index (χ2n) is 3.15. The van der Waals surface area contributed by atoms with Crippen molar-refractivity contribution in [3.8, 4) is 5.88 Å². The van der Waals surface area contributed by atoms with E-state index in [4.69, 9.17) is 21.1 Å². The van der Waals surface area contributed by atoms with Gasteiger partial charge in [-0.1, -0.05) is 11.6 Å². The van der Waals surface area contributed by atoms with Gasteiger partial charge in [-0.25, -0.2) is 4.98 Å². The van der Waals surface area contributed by atoms with E-state index >= 15 is 0 Å². The molecule has 76 valence electrons. The Labute approximate surface area is 95.5 Å². The van der Waals surface area contributed by atoms with Crippen LogP contribution in [0.25, 0.3) is 0 Å². The molecule has 0 amide bonds. The summed E-state index contributed by atoms with van der Waals surface area (Å²) in [7, 11) is 0. The van der Waals surface area contributed by atoms with Crippen LogP contribution in [0.3, 0.4) is 0 Å². The van der Waals surface area contributed by atoms with Crippen LogP contribution in [0.5, 0.6) is 5.88 Å². The fourth-order valence-electron chi connectivity index (χ4n) is 1.09. The second kappa shape index (κ2) is 4.47. The zero-order chi connectivity index (χ0) is 9.97. The highest BCUT2D eigenvalue weighted by molar-refractivity contribution is 9.10. The lowest BCUT2D eigenvalue weighted by molar-refractivity contribution is -0.0514. The van der Waals surface area contributed by atoms with Gasteiger partial charge in [0, 0.05) is 16.6 Å². The van der Waals surface area contributed by atoms with Crippen molar-refractivity contribution in [1.82, 2.24) is 4.98 Å². The molecule has 0 atom stereocenters.